The van der Waals surface area contributed by atoms with Gasteiger partial charge in [0.1, 0.15) is 5.65 Å². The molecule has 32 heavy (non-hydrogen) atoms. The molecule has 7 nitrogen and oxygen atoms in total. The Labute approximate surface area is 191 Å². The van der Waals surface area contributed by atoms with Crippen LogP contribution in [0, 0.1) is 5.92 Å². The smallest absolute Gasteiger partial charge is 0.274 e. The summed E-state index contributed by atoms with van der Waals surface area (Å²) in [6.45, 7) is 3.34. The number of rotatable bonds is 4. The van der Waals surface area contributed by atoms with Crippen LogP contribution < -0.4 is 5.73 Å². The van der Waals surface area contributed by atoms with E-state index in [0.29, 0.717) is 36.0 Å². The average Bonchev–Trinajstić information content (AvgIpc) is 3.16. The van der Waals surface area contributed by atoms with Gasteiger partial charge in [-0.25, -0.2) is 4.98 Å². The topological polar surface area (TPSA) is 83.9 Å². The van der Waals surface area contributed by atoms with Crippen molar-refractivity contribution in [2.75, 3.05) is 19.6 Å². The first kappa shape index (κ1) is 21.0. The normalized spacial score (nSPS) is 17.5. The predicted molar refractivity (Wildman–Crippen MR) is 122 cm³/mol. The molecule has 0 atom stereocenters. The first-order valence-electron chi connectivity index (χ1n) is 11.0. The number of piperidine rings is 1. The lowest BCUT2D eigenvalue weighted by atomic mass is 9.96. The zero-order valence-electron chi connectivity index (χ0n) is 17.8. The van der Waals surface area contributed by atoms with Crippen molar-refractivity contribution < 1.29 is 9.59 Å². The quantitative estimate of drug-likeness (QED) is 0.661. The number of amides is 2. The Morgan fingerprint density at radius 3 is 2.56 bits per heavy atom. The SMILES string of the molecule is NC(=O)C1CCN(Cc2c(C(=O)N3CCc4ccccc4C3)nc3ccc(Cl)cn23)CC1. The third-order valence-electron chi connectivity index (χ3n) is 6.67. The molecule has 4 heterocycles. The van der Waals surface area contributed by atoms with Gasteiger partial charge >= 0.3 is 0 Å². The van der Waals surface area contributed by atoms with Gasteiger partial charge in [-0.05, 0) is 55.6 Å². The first-order valence-corrected chi connectivity index (χ1v) is 11.4. The lowest BCUT2D eigenvalue weighted by Crippen LogP contribution is -2.39. The van der Waals surface area contributed by atoms with E-state index in [1.54, 1.807) is 6.07 Å². The molecule has 5 rings (SSSR count). The highest BCUT2D eigenvalue weighted by Gasteiger charge is 2.29. The van der Waals surface area contributed by atoms with Crippen molar-refractivity contribution in [3.05, 3.63) is 70.1 Å². The number of halogens is 1. The number of pyridine rings is 1. The Morgan fingerprint density at radius 1 is 1.06 bits per heavy atom. The van der Waals surface area contributed by atoms with Gasteiger partial charge in [0.05, 0.1) is 10.7 Å². The van der Waals surface area contributed by atoms with Crippen LogP contribution in [-0.2, 0) is 24.3 Å². The van der Waals surface area contributed by atoms with Crippen LogP contribution >= 0.6 is 11.6 Å². The maximum Gasteiger partial charge on any atom is 0.274 e. The maximum absolute atomic E-state index is 13.6. The number of hydrogen-bond acceptors (Lipinski definition) is 4. The molecule has 2 amide bonds. The Hall–Kier alpha value is -2.90. The molecule has 0 saturated carbocycles. The fourth-order valence-electron chi connectivity index (χ4n) is 4.80. The summed E-state index contributed by atoms with van der Waals surface area (Å²) < 4.78 is 1.92. The zero-order chi connectivity index (χ0) is 22.2. The lowest BCUT2D eigenvalue weighted by Gasteiger charge is -2.31. The van der Waals surface area contributed by atoms with E-state index in [1.807, 2.05) is 33.7 Å². The highest BCUT2D eigenvalue weighted by molar-refractivity contribution is 6.30. The van der Waals surface area contributed by atoms with E-state index < -0.39 is 0 Å². The summed E-state index contributed by atoms with van der Waals surface area (Å²) in [5, 5.41) is 0.592. The number of fused-ring (bicyclic) bond motifs is 2. The van der Waals surface area contributed by atoms with Crippen molar-refractivity contribution in [3.8, 4) is 0 Å². The van der Waals surface area contributed by atoms with Crippen LogP contribution in [0.3, 0.4) is 0 Å². The molecule has 1 fully saturated rings. The summed E-state index contributed by atoms with van der Waals surface area (Å²) in [7, 11) is 0. The van der Waals surface area contributed by atoms with Gasteiger partial charge in [-0.2, -0.15) is 0 Å². The van der Waals surface area contributed by atoms with Crippen LogP contribution in [-0.4, -0.2) is 50.6 Å². The number of benzene rings is 1. The molecule has 0 radical (unpaired) electrons. The molecular weight excluding hydrogens is 426 g/mol. The minimum Gasteiger partial charge on any atom is -0.369 e. The van der Waals surface area contributed by atoms with Crippen molar-refractivity contribution in [2.24, 2.45) is 11.7 Å². The summed E-state index contributed by atoms with van der Waals surface area (Å²) in [4.78, 5) is 34.0. The van der Waals surface area contributed by atoms with Crippen LogP contribution in [0.5, 0.6) is 0 Å². The van der Waals surface area contributed by atoms with Gasteiger partial charge in [0.15, 0.2) is 5.69 Å². The first-order chi connectivity index (χ1) is 15.5. The van der Waals surface area contributed by atoms with E-state index in [1.165, 1.54) is 11.1 Å². The van der Waals surface area contributed by atoms with E-state index in [-0.39, 0.29) is 17.7 Å². The minimum absolute atomic E-state index is 0.0543. The van der Waals surface area contributed by atoms with Crippen molar-refractivity contribution in [1.82, 2.24) is 19.2 Å². The summed E-state index contributed by atoms with van der Waals surface area (Å²) in [5.74, 6) is -0.355. The highest BCUT2D eigenvalue weighted by atomic mass is 35.5. The number of carbonyl (C=O) groups excluding carboxylic acids is 2. The Bertz CT molecular complexity index is 1180. The molecule has 1 saturated heterocycles. The van der Waals surface area contributed by atoms with Crippen LogP contribution in [0.1, 0.15) is 40.2 Å². The van der Waals surface area contributed by atoms with Gasteiger partial charge in [-0.1, -0.05) is 35.9 Å². The monoisotopic (exact) mass is 451 g/mol. The largest absolute Gasteiger partial charge is 0.369 e. The van der Waals surface area contributed by atoms with Crippen molar-refractivity contribution in [2.45, 2.75) is 32.4 Å². The van der Waals surface area contributed by atoms with Gasteiger partial charge in [0.2, 0.25) is 5.91 Å². The van der Waals surface area contributed by atoms with Crippen LogP contribution in [0.15, 0.2) is 42.6 Å². The number of nitrogens with zero attached hydrogens (tertiary/aromatic N) is 4. The lowest BCUT2D eigenvalue weighted by molar-refractivity contribution is -0.123. The van der Waals surface area contributed by atoms with Gasteiger partial charge < -0.3 is 15.0 Å². The Morgan fingerprint density at radius 2 is 1.81 bits per heavy atom. The third kappa shape index (κ3) is 3.98. The van der Waals surface area contributed by atoms with Crippen LogP contribution in [0.4, 0.5) is 0 Å². The molecule has 0 aliphatic carbocycles. The number of imidazole rings is 1. The molecular formula is C24H26ClN5O2. The predicted octanol–water partition coefficient (Wildman–Crippen LogP) is 2.88. The molecule has 2 aromatic heterocycles. The van der Waals surface area contributed by atoms with E-state index in [2.05, 4.69) is 17.0 Å². The zero-order valence-corrected chi connectivity index (χ0v) is 18.6. The molecule has 1 aromatic carbocycles. The van der Waals surface area contributed by atoms with Crippen LogP contribution in [0.25, 0.3) is 5.65 Å². The molecule has 166 valence electrons. The number of aromatic nitrogens is 2. The van der Waals surface area contributed by atoms with Gasteiger partial charge in [0.25, 0.3) is 5.91 Å². The summed E-state index contributed by atoms with van der Waals surface area (Å²) in [6.07, 6.45) is 4.13. The fourth-order valence-corrected chi connectivity index (χ4v) is 4.96. The standard InChI is InChI=1S/C24H26ClN5O2/c25-19-5-6-21-27-22(24(32)29-12-9-16-3-1-2-4-18(16)13-29)20(30(21)14-19)15-28-10-7-17(8-11-28)23(26)31/h1-6,14,17H,7-13,15H2,(H2,26,31). The van der Waals surface area contributed by atoms with Crippen molar-refractivity contribution >= 4 is 29.1 Å². The van der Waals surface area contributed by atoms with E-state index in [0.717, 1.165) is 38.0 Å². The average molecular weight is 452 g/mol. The second-order valence-electron chi connectivity index (χ2n) is 8.68. The molecule has 0 unspecified atom stereocenters. The van der Waals surface area contributed by atoms with E-state index >= 15 is 0 Å². The number of hydrogen-bond donors (Lipinski definition) is 1. The molecule has 2 N–H and O–H groups in total. The van der Waals surface area contributed by atoms with E-state index in [4.69, 9.17) is 22.3 Å². The molecule has 0 bridgehead atoms. The van der Waals surface area contributed by atoms with Crippen LogP contribution in [0.2, 0.25) is 5.02 Å². The summed E-state index contributed by atoms with van der Waals surface area (Å²) >= 11 is 6.27. The Kier molecular flexibility index (Phi) is 5.61. The van der Waals surface area contributed by atoms with Gasteiger partial charge in [-0.15, -0.1) is 0 Å². The number of carbonyl (C=O) groups is 2. The highest BCUT2D eigenvalue weighted by Crippen LogP contribution is 2.25. The molecule has 8 heteroatoms. The maximum atomic E-state index is 13.6. The van der Waals surface area contributed by atoms with E-state index in [9.17, 15) is 9.59 Å². The number of nitrogens with two attached hydrogens (primary N) is 1. The molecule has 3 aromatic rings. The molecule has 2 aliphatic heterocycles. The Balaban J connectivity index is 1.44. The van der Waals surface area contributed by atoms with Crippen molar-refractivity contribution in [3.63, 3.8) is 0 Å². The number of primary amides is 1. The summed E-state index contributed by atoms with van der Waals surface area (Å²) in [6, 6.07) is 11.9. The minimum atomic E-state index is -0.229. The second kappa shape index (κ2) is 8.56. The summed E-state index contributed by atoms with van der Waals surface area (Å²) in [5.41, 5.74) is 9.99. The second-order valence-corrected chi connectivity index (χ2v) is 9.12. The fraction of sp³-hybridized carbons (Fsp3) is 0.375. The van der Waals surface area contributed by atoms with Gasteiger partial charge in [0, 0.05) is 31.7 Å². The molecule has 0 spiro atoms. The third-order valence-corrected chi connectivity index (χ3v) is 6.89. The van der Waals surface area contributed by atoms with Crippen molar-refractivity contribution in [1.29, 1.82) is 0 Å². The molecule has 2 aliphatic rings. The number of likely N-dealkylation sites (tertiary alicyclic amines) is 1. The van der Waals surface area contributed by atoms with Gasteiger partial charge in [-0.3, -0.25) is 14.5 Å².